The van der Waals surface area contributed by atoms with Gasteiger partial charge in [-0.3, -0.25) is 9.78 Å². The highest BCUT2D eigenvalue weighted by Crippen LogP contribution is 2.31. The maximum absolute atomic E-state index is 13.1. The van der Waals surface area contributed by atoms with Crippen molar-refractivity contribution in [2.45, 2.75) is 77.2 Å². The number of amides is 2. The van der Waals surface area contributed by atoms with Crippen LogP contribution in [0.25, 0.3) is 11.3 Å². The minimum Gasteiger partial charge on any atom is -0.459 e. The number of furan rings is 1. The molecule has 1 atom stereocenters. The zero-order valence-electron chi connectivity index (χ0n) is 22.2. The van der Waals surface area contributed by atoms with Crippen LogP contribution < -0.4 is 16.4 Å². The van der Waals surface area contributed by atoms with Crippen molar-refractivity contribution in [2.75, 3.05) is 5.73 Å². The first kappa shape index (κ1) is 30.4. The molecule has 11 nitrogen and oxygen atoms in total. The molecule has 0 aromatic carbocycles. The van der Waals surface area contributed by atoms with E-state index in [4.69, 9.17) is 14.9 Å². The number of aromatic nitrogens is 1. The van der Waals surface area contributed by atoms with Gasteiger partial charge in [0.15, 0.2) is 0 Å². The van der Waals surface area contributed by atoms with Crippen LogP contribution in [-0.4, -0.2) is 46.7 Å². The van der Waals surface area contributed by atoms with Crippen LogP contribution in [0.5, 0.6) is 0 Å². The molecule has 2 aromatic heterocycles. The number of alkyl halides is 3. The number of esters is 2. The number of anilines is 1. The Morgan fingerprint density at radius 1 is 1.10 bits per heavy atom. The van der Waals surface area contributed by atoms with Crippen LogP contribution in [0.4, 0.5) is 23.7 Å². The molecule has 0 saturated heterocycles. The van der Waals surface area contributed by atoms with E-state index in [1.54, 1.807) is 20.8 Å². The molecule has 1 saturated carbocycles. The lowest BCUT2D eigenvalue weighted by molar-refractivity contribution is -0.193. The number of nitrogens with zero attached hydrogens (tertiary/aromatic N) is 1. The quantitative estimate of drug-likeness (QED) is 0.327. The molecule has 0 aliphatic heterocycles. The molecule has 0 unspecified atom stereocenters. The third-order valence-electron chi connectivity index (χ3n) is 6.06. The fourth-order valence-electron chi connectivity index (χ4n) is 4.23. The smallest absolute Gasteiger partial charge is 0.459 e. The van der Waals surface area contributed by atoms with Crippen molar-refractivity contribution in [1.82, 2.24) is 15.6 Å². The van der Waals surface area contributed by atoms with Crippen molar-refractivity contribution in [1.29, 1.82) is 0 Å². The Morgan fingerprint density at radius 3 is 2.40 bits per heavy atom. The van der Waals surface area contributed by atoms with Crippen molar-refractivity contribution in [3.63, 3.8) is 0 Å². The molecule has 1 aliphatic carbocycles. The predicted molar refractivity (Wildman–Crippen MR) is 134 cm³/mol. The number of carbonyl (C=O) groups excluding carboxylic acids is 4. The first-order valence-electron chi connectivity index (χ1n) is 12.6. The van der Waals surface area contributed by atoms with Crippen LogP contribution in [0.1, 0.15) is 69.0 Å². The van der Waals surface area contributed by atoms with Gasteiger partial charge in [0.2, 0.25) is 5.91 Å². The van der Waals surface area contributed by atoms with Crippen molar-refractivity contribution < 1.29 is 46.2 Å². The molecular weight excluding hydrogens is 537 g/mol. The van der Waals surface area contributed by atoms with E-state index >= 15 is 0 Å². The van der Waals surface area contributed by atoms with E-state index in [0.717, 1.165) is 38.3 Å². The summed E-state index contributed by atoms with van der Waals surface area (Å²) in [6.07, 6.45) is 0.502. The molecule has 1 fully saturated rings. The standard InChI is InChI=1S/C26H31F3N4O7/c1-25(2,3)40-24(37)33-20(14-7-5-4-6-8-14)21(34)32-11-15-9-10-18(38-15)16-12-31-13-17(19(16)30)22(35)39-23(36)26(27,28)29/h9-10,12-14,20H,4-8,11H2,1-3H3,(H2,30,31)(H,32,34)(H,33,37)/t20-/m0/s1. The largest absolute Gasteiger partial charge is 0.491 e. The number of hydrogen-bond donors (Lipinski definition) is 3. The highest BCUT2D eigenvalue weighted by Gasteiger charge is 2.43. The van der Waals surface area contributed by atoms with Crippen LogP contribution in [0, 0.1) is 5.92 Å². The lowest BCUT2D eigenvalue weighted by atomic mass is 9.83. The van der Waals surface area contributed by atoms with Gasteiger partial charge in [0.1, 0.15) is 28.7 Å². The van der Waals surface area contributed by atoms with Crippen LogP contribution >= 0.6 is 0 Å². The number of ether oxygens (including phenoxy) is 2. The number of rotatable bonds is 7. The van der Waals surface area contributed by atoms with Crippen LogP contribution in [0.2, 0.25) is 0 Å². The number of nitrogen functional groups attached to an aromatic ring is 1. The third kappa shape index (κ3) is 8.20. The van der Waals surface area contributed by atoms with Gasteiger partial charge in [-0.25, -0.2) is 14.4 Å². The SMILES string of the molecule is CC(C)(C)OC(=O)N[C@H](C(=O)NCc1ccc(-c2cncc(C(=O)OC(=O)C(F)(F)F)c2N)o1)C1CCCCC1. The Kier molecular flexibility index (Phi) is 9.43. The molecular formula is C26H31F3N4O7. The fourth-order valence-corrected chi connectivity index (χ4v) is 4.23. The monoisotopic (exact) mass is 568 g/mol. The third-order valence-corrected chi connectivity index (χ3v) is 6.06. The summed E-state index contributed by atoms with van der Waals surface area (Å²) in [5, 5.41) is 5.43. The van der Waals surface area contributed by atoms with Crippen LogP contribution in [0.3, 0.4) is 0 Å². The lowest BCUT2D eigenvalue weighted by Crippen LogP contribution is -2.52. The molecule has 2 amide bonds. The van der Waals surface area contributed by atoms with Crippen molar-refractivity contribution in [2.24, 2.45) is 5.92 Å². The molecule has 40 heavy (non-hydrogen) atoms. The Hall–Kier alpha value is -4.10. The summed E-state index contributed by atoms with van der Waals surface area (Å²) in [5.74, 6) is -4.42. The average molecular weight is 569 g/mol. The summed E-state index contributed by atoms with van der Waals surface area (Å²) >= 11 is 0. The van der Waals surface area contributed by atoms with Gasteiger partial charge in [0, 0.05) is 12.4 Å². The highest BCUT2D eigenvalue weighted by atomic mass is 19.4. The molecule has 2 aromatic rings. The van der Waals surface area contributed by atoms with Crippen LogP contribution in [-0.2, 0) is 25.6 Å². The Balaban J connectivity index is 1.70. The van der Waals surface area contributed by atoms with E-state index in [1.165, 1.54) is 18.3 Å². The molecule has 2 heterocycles. The minimum absolute atomic E-state index is 0.0539. The second-order valence-electron chi connectivity index (χ2n) is 10.3. The Labute approximate surface area is 228 Å². The van der Waals surface area contributed by atoms with Gasteiger partial charge in [-0.15, -0.1) is 0 Å². The van der Waals surface area contributed by atoms with E-state index < -0.39 is 47.3 Å². The fraction of sp³-hybridized carbons (Fsp3) is 0.500. The zero-order chi connectivity index (χ0) is 29.7. The molecule has 0 spiro atoms. The van der Waals surface area contributed by atoms with Gasteiger partial charge in [0.25, 0.3) is 0 Å². The van der Waals surface area contributed by atoms with E-state index in [9.17, 15) is 32.3 Å². The zero-order valence-corrected chi connectivity index (χ0v) is 22.2. The number of carbonyl (C=O) groups is 4. The number of halogens is 3. The lowest BCUT2D eigenvalue weighted by Gasteiger charge is -2.30. The predicted octanol–water partition coefficient (Wildman–Crippen LogP) is 4.26. The Bertz CT molecular complexity index is 1250. The maximum Gasteiger partial charge on any atom is 0.491 e. The summed E-state index contributed by atoms with van der Waals surface area (Å²) in [6, 6.07) is 2.17. The second-order valence-corrected chi connectivity index (χ2v) is 10.3. The molecule has 0 bridgehead atoms. The number of alkyl carbamates (subject to hydrolysis) is 1. The van der Waals surface area contributed by atoms with Gasteiger partial charge in [-0.1, -0.05) is 19.3 Å². The average Bonchev–Trinajstić information content (AvgIpc) is 3.33. The van der Waals surface area contributed by atoms with Crippen LogP contribution in [0.15, 0.2) is 28.9 Å². The van der Waals surface area contributed by atoms with E-state index in [1.807, 2.05) is 0 Å². The molecule has 4 N–H and O–H groups in total. The first-order chi connectivity index (χ1) is 18.7. The van der Waals surface area contributed by atoms with Gasteiger partial charge in [-0.05, 0) is 51.7 Å². The summed E-state index contributed by atoms with van der Waals surface area (Å²) in [7, 11) is 0. The summed E-state index contributed by atoms with van der Waals surface area (Å²) in [6.45, 7) is 5.10. The number of hydrogen-bond acceptors (Lipinski definition) is 9. The summed E-state index contributed by atoms with van der Waals surface area (Å²) in [5.41, 5.74) is 4.36. The van der Waals surface area contributed by atoms with Crippen molar-refractivity contribution in [3.05, 3.63) is 35.9 Å². The summed E-state index contributed by atoms with van der Waals surface area (Å²) in [4.78, 5) is 52.3. The van der Waals surface area contributed by atoms with E-state index in [0.29, 0.717) is 0 Å². The van der Waals surface area contributed by atoms with Gasteiger partial charge in [0.05, 0.1) is 17.8 Å². The number of nitrogens with one attached hydrogen (secondary N) is 2. The normalized spacial score (nSPS) is 15.2. The van der Waals surface area contributed by atoms with Crippen molar-refractivity contribution >= 4 is 29.6 Å². The minimum atomic E-state index is -5.37. The number of pyridine rings is 1. The highest BCUT2D eigenvalue weighted by molar-refractivity contribution is 6.03. The first-order valence-corrected chi connectivity index (χ1v) is 12.6. The maximum atomic E-state index is 13.1. The molecule has 14 heteroatoms. The summed E-state index contributed by atoms with van der Waals surface area (Å²) < 4.78 is 52.2. The molecule has 0 radical (unpaired) electrons. The van der Waals surface area contributed by atoms with E-state index in [2.05, 4.69) is 20.4 Å². The Morgan fingerprint density at radius 2 is 1.77 bits per heavy atom. The second kappa shape index (κ2) is 12.4. The molecule has 218 valence electrons. The molecule has 1 aliphatic rings. The van der Waals surface area contributed by atoms with Gasteiger partial charge in [-0.2, -0.15) is 13.2 Å². The van der Waals surface area contributed by atoms with Gasteiger partial charge < -0.3 is 30.3 Å². The molecule has 3 rings (SSSR count). The van der Waals surface area contributed by atoms with Crippen molar-refractivity contribution in [3.8, 4) is 11.3 Å². The van der Waals surface area contributed by atoms with E-state index in [-0.39, 0.29) is 35.2 Å². The topological polar surface area (TPSA) is 163 Å². The van der Waals surface area contributed by atoms with Gasteiger partial charge >= 0.3 is 24.2 Å². The number of nitrogens with two attached hydrogens (primary N) is 1.